The number of nitrogens with zero attached hydrogens (tertiary/aromatic N) is 8. The molecule has 0 aromatic carbocycles. The molecule has 0 radical (unpaired) electrons. The van der Waals surface area contributed by atoms with Crippen LogP contribution in [0.15, 0.2) is 18.5 Å². The van der Waals surface area contributed by atoms with E-state index in [1.807, 2.05) is 18.9 Å². The molecule has 3 aromatic rings. The van der Waals surface area contributed by atoms with Crippen molar-refractivity contribution in [2.24, 2.45) is 17.8 Å². The van der Waals surface area contributed by atoms with Crippen LogP contribution in [0.2, 0.25) is 0 Å². The number of hydrogen-bond acceptors (Lipinski definition) is 8. The molecule has 4 atom stereocenters. The van der Waals surface area contributed by atoms with Gasteiger partial charge in [-0.3, -0.25) is 14.3 Å². The highest BCUT2D eigenvalue weighted by atomic mass is 19.4. The molecule has 2 N–H and O–H groups in total. The molecular weight excluding hydrogens is 639 g/mol. The second kappa shape index (κ2) is 13.2. The first-order valence-corrected chi connectivity index (χ1v) is 16.5. The lowest BCUT2D eigenvalue weighted by molar-refractivity contribution is -0.183. The molecule has 262 valence electrons. The second-order valence-electron chi connectivity index (χ2n) is 13.4. The summed E-state index contributed by atoms with van der Waals surface area (Å²) in [4.78, 5) is 40.0. The number of aromatic nitrogens is 6. The third-order valence-electron chi connectivity index (χ3n) is 10.1. The normalized spacial score (nSPS) is 24.9. The summed E-state index contributed by atoms with van der Waals surface area (Å²) >= 11 is 0. The van der Waals surface area contributed by atoms with E-state index in [2.05, 4.69) is 27.6 Å². The van der Waals surface area contributed by atoms with Gasteiger partial charge in [-0.05, 0) is 52.1 Å². The molecule has 3 fully saturated rings. The molecule has 2 saturated heterocycles. The Morgan fingerprint density at radius 1 is 1.19 bits per heavy atom. The number of nitrogens with one attached hydrogen (secondary N) is 2. The van der Waals surface area contributed by atoms with Gasteiger partial charge in [-0.25, -0.2) is 18.3 Å². The second-order valence-corrected chi connectivity index (χ2v) is 13.4. The number of anilines is 1. The molecule has 48 heavy (non-hydrogen) atoms. The van der Waals surface area contributed by atoms with E-state index in [1.165, 1.54) is 15.4 Å². The monoisotopic (exact) mass is 680 g/mol. The fourth-order valence-corrected chi connectivity index (χ4v) is 7.02. The standard InChI is InChI=1S/C31H41F5N10O2/c1-4-45-24(7-10-38-45)28(48)40-25(19-5-8-30(32,33)9-6-19)23-17-46-29(39-23)41-26(44-12-11-43(3)18(2)16-44)22(42-46)14-20-13-21(31(34,35)36)15-37-27(20)47/h7,10,17-21,25H,4-6,8-9,11-16H2,1-3H3,(H,37,47)(H,40,48)/t18-,20-,21-,25+/m1/s1. The average Bonchev–Trinajstić information content (AvgIpc) is 3.68. The molecule has 3 aromatic heterocycles. The van der Waals surface area contributed by atoms with Gasteiger partial charge in [0.1, 0.15) is 11.4 Å². The summed E-state index contributed by atoms with van der Waals surface area (Å²) in [6.45, 7) is 5.76. The molecule has 1 aliphatic carbocycles. The number of amides is 2. The molecule has 2 amide bonds. The van der Waals surface area contributed by atoms with E-state index < -0.39 is 48.3 Å². The van der Waals surface area contributed by atoms with Crippen molar-refractivity contribution < 1.29 is 31.5 Å². The van der Waals surface area contributed by atoms with Crippen LogP contribution in [0.4, 0.5) is 27.8 Å². The zero-order chi connectivity index (χ0) is 34.4. The Bertz CT molecular complexity index is 1630. The predicted octanol–water partition coefficient (Wildman–Crippen LogP) is 3.63. The summed E-state index contributed by atoms with van der Waals surface area (Å²) in [5.41, 5.74) is 1.06. The van der Waals surface area contributed by atoms with Gasteiger partial charge in [0.05, 0.1) is 23.9 Å². The molecule has 6 rings (SSSR count). The molecule has 17 heteroatoms. The van der Waals surface area contributed by atoms with Gasteiger partial charge in [0.2, 0.25) is 11.8 Å². The Hall–Kier alpha value is -3.89. The Morgan fingerprint density at radius 2 is 1.94 bits per heavy atom. The molecule has 12 nitrogen and oxygen atoms in total. The minimum atomic E-state index is -4.45. The van der Waals surface area contributed by atoms with Crippen LogP contribution in [-0.2, 0) is 17.8 Å². The Morgan fingerprint density at radius 3 is 2.62 bits per heavy atom. The van der Waals surface area contributed by atoms with E-state index in [0.29, 0.717) is 49.1 Å². The summed E-state index contributed by atoms with van der Waals surface area (Å²) in [6, 6.07) is 0.982. The van der Waals surface area contributed by atoms with Crippen molar-refractivity contribution in [2.75, 3.05) is 38.1 Å². The number of aryl methyl sites for hydroxylation is 1. The summed E-state index contributed by atoms with van der Waals surface area (Å²) in [5.74, 6) is -6.03. The van der Waals surface area contributed by atoms with Gasteiger partial charge in [0.15, 0.2) is 5.82 Å². The van der Waals surface area contributed by atoms with Crippen molar-refractivity contribution in [3.63, 3.8) is 0 Å². The smallest absolute Gasteiger partial charge is 0.355 e. The van der Waals surface area contributed by atoms with Crippen molar-refractivity contribution in [1.82, 2.24) is 44.9 Å². The van der Waals surface area contributed by atoms with Crippen LogP contribution in [0, 0.1) is 17.8 Å². The van der Waals surface area contributed by atoms with Gasteiger partial charge in [-0.2, -0.15) is 28.4 Å². The van der Waals surface area contributed by atoms with Crippen LogP contribution in [0.25, 0.3) is 5.78 Å². The molecule has 2 aliphatic heterocycles. The lowest BCUT2D eigenvalue weighted by Gasteiger charge is -2.39. The van der Waals surface area contributed by atoms with Gasteiger partial charge in [-0.1, -0.05) is 0 Å². The highest BCUT2D eigenvalue weighted by Crippen LogP contribution is 2.41. The van der Waals surface area contributed by atoms with Gasteiger partial charge in [0, 0.05) is 70.1 Å². The number of fused-ring (bicyclic) bond motifs is 1. The third kappa shape index (κ3) is 7.10. The van der Waals surface area contributed by atoms with Crippen LogP contribution in [0.5, 0.6) is 0 Å². The van der Waals surface area contributed by atoms with Crippen molar-refractivity contribution in [2.45, 2.75) is 83.1 Å². The van der Waals surface area contributed by atoms with Crippen LogP contribution in [0.1, 0.15) is 73.9 Å². The Labute approximate surface area is 274 Å². The largest absolute Gasteiger partial charge is 0.393 e. The number of piperidine rings is 1. The number of rotatable bonds is 8. The average molecular weight is 681 g/mol. The summed E-state index contributed by atoms with van der Waals surface area (Å²) in [6.07, 6.45) is -2.11. The van der Waals surface area contributed by atoms with Crippen molar-refractivity contribution >= 4 is 23.4 Å². The minimum absolute atomic E-state index is 0.0657. The van der Waals surface area contributed by atoms with Crippen molar-refractivity contribution in [3.05, 3.63) is 35.5 Å². The lowest BCUT2D eigenvalue weighted by atomic mass is 9.81. The molecule has 0 spiro atoms. The number of imidazole rings is 1. The van der Waals surface area contributed by atoms with E-state index in [-0.39, 0.29) is 56.3 Å². The maximum atomic E-state index is 14.2. The van der Waals surface area contributed by atoms with E-state index in [9.17, 15) is 31.5 Å². The van der Waals surface area contributed by atoms with E-state index in [1.54, 1.807) is 12.3 Å². The molecule has 0 unspecified atom stereocenters. The predicted molar refractivity (Wildman–Crippen MR) is 164 cm³/mol. The zero-order valence-electron chi connectivity index (χ0n) is 27.2. The van der Waals surface area contributed by atoms with Crippen LogP contribution >= 0.6 is 0 Å². The highest BCUT2D eigenvalue weighted by Gasteiger charge is 2.45. The molecule has 0 bridgehead atoms. The van der Waals surface area contributed by atoms with Gasteiger partial charge in [0.25, 0.3) is 11.7 Å². The first kappa shape index (κ1) is 34.0. The number of carbonyl (C=O) groups excluding carboxylic acids is 2. The number of carbonyl (C=O) groups is 2. The number of hydrogen-bond donors (Lipinski definition) is 2. The number of piperazine rings is 1. The SMILES string of the molecule is CCn1nccc1C(=O)N[C@H](c1cn2nc(C[C@H]3C[C@@H](C(F)(F)F)CNC3=O)c(N3CCN(C)[C@H](C)C3)nc2n1)C1CCC(F)(F)CC1. The first-order valence-electron chi connectivity index (χ1n) is 16.5. The number of alkyl halides is 5. The molecular formula is C31H41F5N10O2. The summed E-state index contributed by atoms with van der Waals surface area (Å²) < 4.78 is 72.3. The van der Waals surface area contributed by atoms with Crippen LogP contribution in [-0.4, -0.2) is 97.4 Å². The van der Waals surface area contributed by atoms with Gasteiger partial charge in [-0.15, -0.1) is 0 Å². The topological polar surface area (TPSA) is 126 Å². The van der Waals surface area contributed by atoms with E-state index >= 15 is 0 Å². The number of likely N-dealkylation sites (N-methyl/N-ethyl adjacent to an activating group) is 1. The molecule has 3 aliphatic rings. The summed E-state index contributed by atoms with van der Waals surface area (Å²) in [7, 11) is 2.01. The molecule has 5 heterocycles. The fourth-order valence-electron chi connectivity index (χ4n) is 7.02. The Kier molecular flexibility index (Phi) is 9.34. The van der Waals surface area contributed by atoms with Crippen LogP contribution < -0.4 is 15.5 Å². The first-order chi connectivity index (χ1) is 22.7. The number of halogens is 5. The zero-order valence-corrected chi connectivity index (χ0v) is 27.2. The Balaban J connectivity index is 1.37. The minimum Gasteiger partial charge on any atom is -0.355 e. The third-order valence-corrected chi connectivity index (χ3v) is 10.1. The van der Waals surface area contributed by atoms with E-state index in [4.69, 9.17) is 15.1 Å². The summed E-state index contributed by atoms with van der Waals surface area (Å²) in [5, 5.41) is 14.4. The highest BCUT2D eigenvalue weighted by molar-refractivity contribution is 5.92. The van der Waals surface area contributed by atoms with Gasteiger partial charge >= 0.3 is 6.18 Å². The van der Waals surface area contributed by atoms with Crippen molar-refractivity contribution in [3.8, 4) is 0 Å². The quantitative estimate of drug-likeness (QED) is 0.346. The maximum Gasteiger partial charge on any atom is 0.393 e. The maximum absolute atomic E-state index is 14.2. The van der Waals surface area contributed by atoms with Gasteiger partial charge < -0.3 is 20.4 Å². The lowest BCUT2D eigenvalue weighted by Crippen LogP contribution is -2.51. The van der Waals surface area contributed by atoms with Crippen molar-refractivity contribution in [1.29, 1.82) is 0 Å². The van der Waals surface area contributed by atoms with Crippen LogP contribution in [0.3, 0.4) is 0 Å². The van der Waals surface area contributed by atoms with E-state index in [0.717, 1.165) is 0 Å². The molecule has 1 saturated carbocycles. The fraction of sp³-hybridized carbons (Fsp3) is 0.677.